The molecule has 0 spiro atoms. The largest absolute Gasteiger partial charge is 0.490 e. The van der Waals surface area contributed by atoms with Gasteiger partial charge in [-0.25, -0.2) is 0 Å². The van der Waals surface area contributed by atoms with Gasteiger partial charge >= 0.3 is 0 Å². The predicted octanol–water partition coefficient (Wildman–Crippen LogP) is 3.48. The van der Waals surface area contributed by atoms with Crippen LogP contribution in [0.2, 0.25) is 0 Å². The Labute approximate surface area is 120 Å². The van der Waals surface area contributed by atoms with Crippen LogP contribution < -0.4 is 15.2 Å². The summed E-state index contributed by atoms with van der Waals surface area (Å²) in [5.74, 6) is 1.35. The van der Waals surface area contributed by atoms with Gasteiger partial charge in [0.2, 0.25) is 0 Å². The molecule has 0 aliphatic carbocycles. The van der Waals surface area contributed by atoms with Gasteiger partial charge in [-0.2, -0.15) is 5.26 Å². The Morgan fingerprint density at radius 1 is 1.15 bits per heavy atom. The van der Waals surface area contributed by atoms with E-state index in [1.807, 2.05) is 39.0 Å². The molecule has 1 aromatic carbocycles. The third kappa shape index (κ3) is 3.92. The number of rotatable bonds is 7. The van der Waals surface area contributed by atoms with Crippen LogP contribution in [0.15, 0.2) is 23.8 Å². The zero-order valence-electron chi connectivity index (χ0n) is 12.4. The summed E-state index contributed by atoms with van der Waals surface area (Å²) in [6.07, 6.45) is 1.57. The molecule has 20 heavy (non-hydrogen) atoms. The van der Waals surface area contributed by atoms with E-state index in [0.717, 1.165) is 12.0 Å². The minimum atomic E-state index is 0.512. The molecule has 1 aromatic rings. The van der Waals surface area contributed by atoms with E-state index >= 15 is 0 Å². The molecule has 0 aliphatic heterocycles. The fourth-order valence-corrected chi connectivity index (χ4v) is 1.89. The van der Waals surface area contributed by atoms with Crippen LogP contribution in [-0.2, 0) is 0 Å². The third-order valence-electron chi connectivity index (χ3n) is 2.81. The first-order valence-electron chi connectivity index (χ1n) is 6.96. The summed E-state index contributed by atoms with van der Waals surface area (Å²) in [4.78, 5) is 0. The summed E-state index contributed by atoms with van der Waals surface area (Å²) in [5, 5.41) is 9.16. The number of benzene rings is 1. The Balaban J connectivity index is 3.20. The maximum atomic E-state index is 9.16. The van der Waals surface area contributed by atoms with Crippen LogP contribution in [0, 0.1) is 11.3 Å². The minimum Gasteiger partial charge on any atom is -0.490 e. The van der Waals surface area contributed by atoms with Crippen LogP contribution in [0.25, 0.3) is 5.70 Å². The van der Waals surface area contributed by atoms with Gasteiger partial charge in [-0.3, -0.25) is 0 Å². The first-order valence-corrected chi connectivity index (χ1v) is 6.96. The van der Waals surface area contributed by atoms with Crippen LogP contribution in [0.5, 0.6) is 11.5 Å². The summed E-state index contributed by atoms with van der Waals surface area (Å²) in [7, 11) is 0. The molecule has 108 valence electrons. The van der Waals surface area contributed by atoms with Crippen molar-refractivity contribution in [2.45, 2.75) is 33.6 Å². The van der Waals surface area contributed by atoms with Crippen molar-refractivity contribution < 1.29 is 9.47 Å². The molecule has 0 bridgehead atoms. The van der Waals surface area contributed by atoms with Crippen molar-refractivity contribution in [1.29, 1.82) is 5.26 Å². The van der Waals surface area contributed by atoms with Crippen molar-refractivity contribution >= 4 is 5.70 Å². The number of nitrogens with zero attached hydrogens (tertiary/aromatic N) is 1. The van der Waals surface area contributed by atoms with Gasteiger partial charge in [0, 0.05) is 5.56 Å². The van der Waals surface area contributed by atoms with Crippen molar-refractivity contribution in [3.63, 3.8) is 0 Å². The molecule has 0 fully saturated rings. The number of hydrogen-bond acceptors (Lipinski definition) is 4. The van der Waals surface area contributed by atoms with Gasteiger partial charge in [-0.05, 0) is 38.5 Å². The predicted molar refractivity (Wildman–Crippen MR) is 80.4 cm³/mol. The lowest BCUT2D eigenvalue weighted by Crippen LogP contribution is -2.03. The van der Waals surface area contributed by atoms with Gasteiger partial charge < -0.3 is 15.2 Å². The number of ether oxygens (including phenoxy) is 2. The fraction of sp³-hybridized carbons (Fsp3) is 0.438. The smallest absolute Gasteiger partial charge is 0.161 e. The quantitative estimate of drug-likeness (QED) is 0.773. The van der Waals surface area contributed by atoms with Gasteiger partial charge in [-0.15, -0.1) is 0 Å². The average Bonchev–Trinajstić information content (AvgIpc) is 2.46. The van der Waals surface area contributed by atoms with Gasteiger partial charge in [0.05, 0.1) is 30.6 Å². The Kier molecular flexibility index (Phi) is 6.45. The average molecular weight is 274 g/mol. The molecule has 0 atom stereocenters. The Morgan fingerprint density at radius 2 is 1.80 bits per heavy atom. The van der Waals surface area contributed by atoms with Gasteiger partial charge in [0.1, 0.15) is 0 Å². The summed E-state index contributed by atoms with van der Waals surface area (Å²) in [6.45, 7) is 6.98. The molecule has 0 amide bonds. The van der Waals surface area contributed by atoms with Crippen LogP contribution >= 0.6 is 0 Å². The molecule has 1 rings (SSSR count). The lowest BCUT2D eigenvalue weighted by molar-refractivity contribution is 0.287. The molecule has 0 saturated carbocycles. The highest BCUT2D eigenvalue weighted by molar-refractivity contribution is 5.71. The summed E-state index contributed by atoms with van der Waals surface area (Å²) in [6, 6.07) is 7.69. The van der Waals surface area contributed by atoms with Crippen molar-refractivity contribution in [1.82, 2.24) is 0 Å². The second kappa shape index (κ2) is 8.11. The first-order chi connectivity index (χ1) is 9.67. The third-order valence-corrected chi connectivity index (χ3v) is 2.81. The van der Waals surface area contributed by atoms with Crippen LogP contribution in [0.1, 0.15) is 39.2 Å². The van der Waals surface area contributed by atoms with Gasteiger partial charge in [0.25, 0.3) is 0 Å². The molecule has 0 aliphatic rings. The van der Waals surface area contributed by atoms with Crippen LogP contribution in [0.4, 0.5) is 0 Å². The Bertz CT molecular complexity index is 516. The van der Waals surface area contributed by atoms with Crippen LogP contribution in [-0.4, -0.2) is 13.2 Å². The van der Waals surface area contributed by atoms with Crippen molar-refractivity contribution in [3.05, 3.63) is 29.3 Å². The van der Waals surface area contributed by atoms with Crippen molar-refractivity contribution in [2.24, 2.45) is 5.73 Å². The zero-order chi connectivity index (χ0) is 15.0. The van der Waals surface area contributed by atoms with Crippen molar-refractivity contribution in [2.75, 3.05) is 13.2 Å². The molecule has 4 heteroatoms. The molecular formula is C16H22N2O2. The maximum absolute atomic E-state index is 9.16. The van der Waals surface area contributed by atoms with Gasteiger partial charge in [0.15, 0.2) is 11.5 Å². The summed E-state index contributed by atoms with van der Waals surface area (Å²) >= 11 is 0. The van der Waals surface area contributed by atoms with E-state index in [1.165, 1.54) is 0 Å². The van der Waals surface area contributed by atoms with E-state index in [2.05, 4.69) is 6.07 Å². The fourth-order valence-electron chi connectivity index (χ4n) is 1.89. The number of allylic oxidation sites excluding steroid dienone is 1. The highest BCUT2D eigenvalue weighted by atomic mass is 16.5. The van der Waals surface area contributed by atoms with E-state index in [-0.39, 0.29) is 0 Å². The van der Waals surface area contributed by atoms with Crippen LogP contribution in [0.3, 0.4) is 0 Å². The standard InChI is InChI=1S/C16H22N2O2/c1-4-7-13(11-17)16(18)12-8-9-14(19-5-2)15(10-12)20-6-3/h8-10H,4-7,18H2,1-3H3/b16-13-. The lowest BCUT2D eigenvalue weighted by atomic mass is 10.0. The Hall–Kier alpha value is -2.15. The SMILES string of the molecule is CCC/C(C#N)=C(/N)c1ccc(OCC)c(OCC)c1. The highest BCUT2D eigenvalue weighted by Gasteiger charge is 2.10. The van der Waals surface area contributed by atoms with E-state index in [0.29, 0.717) is 42.4 Å². The topological polar surface area (TPSA) is 68.3 Å². The lowest BCUT2D eigenvalue weighted by Gasteiger charge is -2.13. The van der Waals surface area contributed by atoms with E-state index in [9.17, 15) is 0 Å². The maximum Gasteiger partial charge on any atom is 0.161 e. The second-order valence-corrected chi connectivity index (χ2v) is 4.28. The van der Waals surface area contributed by atoms with E-state index < -0.39 is 0 Å². The summed E-state index contributed by atoms with van der Waals surface area (Å²) in [5.41, 5.74) is 8.00. The number of hydrogen-bond donors (Lipinski definition) is 1. The molecule has 4 nitrogen and oxygen atoms in total. The molecule has 0 aromatic heterocycles. The summed E-state index contributed by atoms with van der Waals surface area (Å²) < 4.78 is 11.1. The zero-order valence-corrected chi connectivity index (χ0v) is 12.4. The molecule has 0 saturated heterocycles. The highest BCUT2D eigenvalue weighted by Crippen LogP contribution is 2.31. The minimum absolute atomic E-state index is 0.512. The number of nitrogens with two attached hydrogens (primary N) is 1. The Morgan fingerprint density at radius 3 is 2.35 bits per heavy atom. The molecular weight excluding hydrogens is 252 g/mol. The van der Waals surface area contributed by atoms with Crippen molar-refractivity contribution in [3.8, 4) is 17.6 Å². The molecule has 0 radical (unpaired) electrons. The van der Waals surface area contributed by atoms with Gasteiger partial charge in [-0.1, -0.05) is 13.3 Å². The molecule has 2 N–H and O–H groups in total. The normalized spacial score (nSPS) is 11.5. The second-order valence-electron chi connectivity index (χ2n) is 4.28. The first kappa shape index (κ1) is 15.9. The number of nitriles is 1. The molecule has 0 heterocycles. The van der Waals surface area contributed by atoms with E-state index in [1.54, 1.807) is 0 Å². The molecule has 0 unspecified atom stereocenters. The van der Waals surface area contributed by atoms with E-state index in [4.69, 9.17) is 20.5 Å². The monoisotopic (exact) mass is 274 g/mol.